The average Bonchev–Trinajstić information content (AvgIpc) is 2.42. The molecule has 3 nitrogen and oxygen atoms in total. The molecule has 96 valence electrons. The summed E-state index contributed by atoms with van der Waals surface area (Å²) in [6, 6.07) is 16.1. The minimum atomic E-state index is 0.522. The molecule has 0 aliphatic heterocycles. The van der Waals surface area contributed by atoms with E-state index in [1.165, 1.54) is 11.1 Å². The van der Waals surface area contributed by atoms with E-state index in [2.05, 4.69) is 42.2 Å². The number of aryl methyl sites for hydroxylation is 1. The van der Waals surface area contributed by atoms with Gasteiger partial charge in [0.1, 0.15) is 6.07 Å². The summed E-state index contributed by atoms with van der Waals surface area (Å²) < 4.78 is 0. The van der Waals surface area contributed by atoms with E-state index < -0.39 is 0 Å². The molecule has 0 aromatic heterocycles. The summed E-state index contributed by atoms with van der Waals surface area (Å²) in [7, 11) is 2.01. The van der Waals surface area contributed by atoms with Crippen LogP contribution in [0.25, 0.3) is 0 Å². The predicted octanol–water partition coefficient (Wildman–Crippen LogP) is 3.09. The first kappa shape index (κ1) is 13.0. The van der Waals surface area contributed by atoms with Crippen molar-refractivity contribution < 1.29 is 0 Å². The Bertz CT molecular complexity index is 609. The van der Waals surface area contributed by atoms with Gasteiger partial charge in [-0.2, -0.15) is 5.26 Å². The van der Waals surface area contributed by atoms with Crippen molar-refractivity contribution in [3.05, 3.63) is 59.2 Å². The maximum absolute atomic E-state index is 9.00. The van der Waals surface area contributed by atoms with Crippen LogP contribution in [-0.4, -0.2) is 7.05 Å². The Morgan fingerprint density at radius 2 is 1.84 bits per heavy atom. The van der Waals surface area contributed by atoms with Gasteiger partial charge in [0, 0.05) is 25.0 Å². The molecular weight excluding hydrogens is 234 g/mol. The first-order chi connectivity index (χ1) is 9.10. The van der Waals surface area contributed by atoms with E-state index in [0.717, 1.165) is 12.2 Å². The molecule has 0 fully saturated rings. The molecule has 0 atom stereocenters. The Morgan fingerprint density at radius 3 is 2.47 bits per heavy atom. The second kappa shape index (κ2) is 5.45. The van der Waals surface area contributed by atoms with Gasteiger partial charge in [-0.05, 0) is 30.7 Å². The summed E-state index contributed by atoms with van der Waals surface area (Å²) in [5.41, 5.74) is 10.3. The van der Waals surface area contributed by atoms with E-state index in [1.807, 2.05) is 19.2 Å². The van der Waals surface area contributed by atoms with E-state index in [4.69, 9.17) is 11.0 Å². The van der Waals surface area contributed by atoms with Crippen molar-refractivity contribution in [2.24, 2.45) is 0 Å². The third kappa shape index (κ3) is 3.05. The zero-order valence-corrected chi connectivity index (χ0v) is 11.2. The molecule has 2 aromatic rings. The summed E-state index contributed by atoms with van der Waals surface area (Å²) >= 11 is 0. The van der Waals surface area contributed by atoms with Gasteiger partial charge < -0.3 is 10.6 Å². The number of nitrogens with zero attached hydrogens (tertiary/aromatic N) is 2. The lowest BCUT2D eigenvalue weighted by molar-refractivity contribution is 0.922. The molecular formula is C16H17N3. The normalized spacial score (nSPS) is 9.95. The smallest absolute Gasteiger partial charge is 0.101 e. The van der Waals surface area contributed by atoms with Gasteiger partial charge in [0.15, 0.2) is 0 Å². The fourth-order valence-electron chi connectivity index (χ4n) is 1.94. The molecule has 2 rings (SSSR count). The number of nitrogens with two attached hydrogens (primary N) is 1. The van der Waals surface area contributed by atoms with E-state index in [9.17, 15) is 0 Å². The Hall–Kier alpha value is -2.47. The second-order valence-corrected chi connectivity index (χ2v) is 4.73. The topological polar surface area (TPSA) is 53.0 Å². The van der Waals surface area contributed by atoms with Crippen LogP contribution in [-0.2, 0) is 6.54 Å². The van der Waals surface area contributed by atoms with Gasteiger partial charge in [0.05, 0.1) is 5.56 Å². The maximum Gasteiger partial charge on any atom is 0.101 e. The predicted molar refractivity (Wildman–Crippen MR) is 78.9 cm³/mol. The van der Waals surface area contributed by atoms with Crippen molar-refractivity contribution >= 4 is 11.4 Å². The fraction of sp³-hybridized carbons (Fsp3) is 0.188. The number of hydrogen-bond donors (Lipinski definition) is 1. The lowest BCUT2D eigenvalue weighted by Gasteiger charge is -2.20. The molecule has 0 radical (unpaired) electrons. The third-order valence-corrected chi connectivity index (χ3v) is 3.14. The van der Waals surface area contributed by atoms with Crippen LogP contribution in [0.2, 0.25) is 0 Å². The molecule has 0 spiro atoms. The van der Waals surface area contributed by atoms with Crippen molar-refractivity contribution in [3.63, 3.8) is 0 Å². The van der Waals surface area contributed by atoms with E-state index >= 15 is 0 Å². The van der Waals surface area contributed by atoms with Gasteiger partial charge in [0.25, 0.3) is 0 Å². The summed E-state index contributed by atoms with van der Waals surface area (Å²) in [6.07, 6.45) is 0. The number of hydrogen-bond acceptors (Lipinski definition) is 3. The van der Waals surface area contributed by atoms with Crippen molar-refractivity contribution in [2.45, 2.75) is 13.5 Å². The quantitative estimate of drug-likeness (QED) is 0.853. The number of rotatable bonds is 3. The van der Waals surface area contributed by atoms with Gasteiger partial charge in [-0.1, -0.05) is 29.8 Å². The summed E-state index contributed by atoms with van der Waals surface area (Å²) in [6.45, 7) is 2.88. The second-order valence-electron chi connectivity index (χ2n) is 4.73. The van der Waals surface area contributed by atoms with Crippen LogP contribution >= 0.6 is 0 Å². The number of benzene rings is 2. The molecule has 2 N–H and O–H groups in total. The summed E-state index contributed by atoms with van der Waals surface area (Å²) in [5, 5.41) is 9.00. The minimum Gasteiger partial charge on any atom is -0.398 e. The van der Waals surface area contributed by atoms with Crippen molar-refractivity contribution in [1.29, 1.82) is 5.26 Å². The first-order valence-corrected chi connectivity index (χ1v) is 6.16. The van der Waals surface area contributed by atoms with Crippen LogP contribution in [0, 0.1) is 18.3 Å². The third-order valence-electron chi connectivity index (χ3n) is 3.14. The lowest BCUT2D eigenvalue weighted by atomic mass is 10.1. The standard InChI is InChI=1S/C16H17N3/c1-12-3-5-13(6-4-12)11-19(2)15-7-8-16(18)14(9-15)10-17/h3-9H,11,18H2,1-2H3. The number of anilines is 2. The highest BCUT2D eigenvalue weighted by Gasteiger charge is 2.05. The average molecular weight is 251 g/mol. The molecule has 0 unspecified atom stereocenters. The monoisotopic (exact) mass is 251 g/mol. The van der Waals surface area contributed by atoms with Crippen LogP contribution in [0.4, 0.5) is 11.4 Å². The van der Waals surface area contributed by atoms with Gasteiger partial charge in [-0.25, -0.2) is 0 Å². The molecule has 19 heavy (non-hydrogen) atoms. The van der Waals surface area contributed by atoms with Crippen LogP contribution in [0.3, 0.4) is 0 Å². The molecule has 0 aliphatic rings. The van der Waals surface area contributed by atoms with Crippen molar-refractivity contribution in [1.82, 2.24) is 0 Å². The van der Waals surface area contributed by atoms with E-state index in [0.29, 0.717) is 11.3 Å². The van der Waals surface area contributed by atoms with Gasteiger partial charge in [-0.15, -0.1) is 0 Å². The van der Waals surface area contributed by atoms with Crippen LogP contribution in [0.5, 0.6) is 0 Å². The Labute approximate surface area is 113 Å². The maximum atomic E-state index is 9.00. The Balaban J connectivity index is 2.18. The van der Waals surface area contributed by atoms with Crippen LogP contribution in [0.1, 0.15) is 16.7 Å². The Kier molecular flexibility index (Phi) is 3.72. The fourth-order valence-corrected chi connectivity index (χ4v) is 1.94. The largest absolute Gasteiger partial charge is 0.398 e. The van der Waals surface area contributed by atoms with Crippen LogP contribution in [0.15, 0.2) is 42.5 Å². The van der Waals surface area contributed by atoms with Crippen LogP contribution < -0.4 is 10.6 Å². The molecule has 3 heteroatoms. The van der Waals surface area contributed by atoms with E-state index in [-0.39, 0.29) is 0 Å². The van der Waals surface area contributed by atoms with Gasteiger partial charge >= 0.3 is 0 Å². The van der Waals surface area contributed by atoms with Crippen molar-refractivity contribution in [3.8, 4) is 6.07 Å². The summed E-state index contributed by atoms with van der Waals surface area (Å²) in [4.78, 5) is 2.10. The first-order valence-electron chi connectivity index (χ1n) is 6.16. The summed E-state index contributed by atoms with van der Waals surface area (Å²) in [5.74, 6) is 0. The van der Waals surface area contributed by atoms with E-state index in [1.54, 1.807) is 6.07 Å². The van der Waals surface area contributed by atoms with Gasteiger partial charge in [0.2, 0.25) is 0 Å². The number of nitriles is 1. The molecule has 0 saturated carbocycles. The van der Waals surface area contributed by atoms with Crippen molar-refractivity contribution in [2.75, 3.05) is 17.7 Å². The zero-order valence-electron chi connectivity index (χ0n) is 11.2. The number of nitrogen functional groups attached to an aromatic ring is 1. The lowest BCUT2D eigenvalue weighted by Crippen LogP contribution is -2.16. The molecule has 0 aliphatic carbocycles. The molecule has 0 bridgehead atoms. The molecule has 0 saturated heterocycles. The highest BCUT2D eigenvalue weighted by atomic mass is 15.1. The molecule has 2 aromatic carbocycles. The molecule has 0 amide bonds. The minimum absolute atomic E-state index is 0.522. The SMILES string of the molecule is Cc1ccc(CN(C)c2ccc(N)c(C#N)c2)cc1. The zero-order chi connectivity index (χ0) is 13.8. The highest BCUT2D eigenvalue weighted by Crippen LogP contribution is 2.21. The Morgan fingerprint density at radius 1 is 1.16 bits per heavy atom. The molecule has 0 heterocycles. The highest BCUT2D eigenvalue weighted by molar-refractivity contribution is 5.62. The van der Waals surface area contributed by atoms with Gasteiger partial charge in [-0.3, -0.25) is 0 Å².